The van der Waals surface area contributed by atoms with Crippen LogP contribution < -0.4 is 5.73 Å². The van der Waals surface area contributed by atoms with Gasteiger partial charge in [-0.15, -0.1) is 0 Å². The fraction of sp³-hybridized carbons (Fsp3) is 0.111. The molecule has 3 N–H and O–H groups in total. The van der Waals surface area contributed by atoms with Crippen LogP contribution >= 0.6 is 0 Å². The van der Waals surface area contributed by atoms with Crippen molar-refractivity contribution in [2.24, 2.45) is 5.73 Å². The lowest BCUT2D eigenvalue weighted by Crippen LogP contribution is -2.13. The monoisotopic (exact) mass is 174 g/mol. The van der Waals surface area contributed by atoms with Crippen LogP contribution in [0.25, 0.3) is 0 Å². The Morgan fingerprint density at radius 2 is 2.31 bits per heavy atom. The highest BCUT2D eigenvalue weighted by Crippen LogP contribution is 2.13. The first-order valence-electron chi connectivity index (χ1n) is 4.02. The lowest BCUT2D eigenvalue weighted by atomic mass is 10.2. The van der Waals surface area contributed by atoms with Crippen LogP contribution in [0.15, 0.2) is 36.9 Å². The van der Waals surface area contributed by atoms with Crippen LogP contribution in [-0.4, -0.2) is 15.0 Å². The Labute approximate surface area is 75.8 Å². The second-order valence-corrected chi connectivity index (χ2v) is 2.73. The van der Waals surface area contributed by atoms with Crippen LogP contribution in [0.3, 0.4) is 0 Å². The highest BCUT2D eigenvalue weighted by molar-refractivity contribution is 5.18. The van der Waals surface area contributed by atoms with E-state index in [-0.39, 0.29) is 6.04 Å². The first-order chi connectivity index (χ1) is 6.38. The summed E-state index contributed by atoms with van der Waals surface area (Å²) in [4.78, 5) is 11.1. The molecule has 0 radical (unpaired) electrons. The summed E-state index contributed by atoms with van der Waals surface area (Å²) in [6, 6.07) is 3.62. The molecule has 2 aromatic rings. The molecule has 0 amide bonds. The Morgan fingerprint density at radius 1 is 1.38 bits per heavy atom. The maximum atomic E-state index is 5.93. The topological polar surface area (TPSA) is 67.6 Å². The van der Waals surface area contributed by atoms with Crippen LogP contribution in [-0.2, 0) is 0 Å². The molecule has 0 aliphatic carbocycles. The average molecular weight is 174 g/mol. The summed E-state index contributed by atoms with van der Waals surface area (Å²) in [6.45, 7) is 0. The number of nitrogens with two attached hydrogens (primary N) is 1. The molecule has 4 nitrogen and oxygen atoms in total. The average Bonchev–Trinajstić information content (AvgIpc) is 2.71. The Hall–Kier alpha value is -1.68. The minimum absolute atomic E-state index is 0.219. The van der Waals surface area contributed by atoms with Crippen LogP contribution in [0.4, 0.5) is 0 Å². The maximum Gasteiger partial charge on any atom is 0.0893 e. The third-order valence-electron chi connectivity index (χ3n) is 1.86. The van der Waals surface area contributed by atoms with Crippen LogP contribution in [0.5, 0.6) is 0 Å². The van der Waals surface area contributed by atoms with Gasteiger partial charge in [-0.1, -0.05) is 0 Å². The zero-order valence-corrected chi connectivity index (χ0v) is 7.01. The number of nitrogens with zero attached hydrogens (tertiary/aromatic N) is 2. The molecular weight excluding hydrogens is 164 g/mol. The van der Waals surface area contributed by atoms with E-state index < -0.39 is 0 Å². The van der Waals surface area contributed by atoms with Gasteiger partial charge in [0.05, 0.1) is 17.9 Å². The Bertz CT molecular complexity index is 354. The van der Waals surface area contributed by atoms with Crippen molar-refractivity contribution in [1.29, 1.82) is 0 Å². The molecule has 1 unspecified atom stereocenters. The fourth-order valence-electron chi connectivity index (χ4n) is 1.17. The SMILES string of the molecule is NC(c1cnccn1)c1ccc[nH]1. The van der Waals surface area contributed by atoms with Gasteiger partial charge in [0.1, 0.15) is 0 Å². The van der Waals surface area contributed by atoms with Gasteiger partial charge in [-0.25, -0.2) is 0 Å². The van der Waals surface area contributed by atoms with Crippen molar-refractivity contribution in [3.63, 3.8) is 0 Å². The molecule has 2 aromatic heterocycles. The van der Waals surface area contributed by atoms with Gasteiger partial charge in [-0.3, -0.25) is 9.97 Å². The van der Waals surface area contributed by atoms with Crippen molar-refractivity contribution in [2.75, 3.05) is 0 Å². The van der Waals surface area contributed by atoms with Gasteiger partial charge in [0, 0.05) is 24.3 Å². The number of rotatable bonds is 2. The molecule has 0 saturated carbocycles. The number of aromatic nitrogens is 3. The van der Waals surface area contributed by atoms with E-state index in [1.54, 1.807) is 18.6 Å². The van der Waals surface area contributed by atoms with E-state index in [9.17, 15) is 0 Å². The van der Waals surface area contributed by atoms with Gasteiger partial charge < -0.3 is 10.7 Å². The molecule has 0 aromatic carbocycles. The van der Waals surface area contributed by atoms with E-state index in [1.165, 1.54) is 0 Å². The quantitative estimate of drug-likeness (QED) is 0.709. The number of hydrogen-bond acceptors (Lipinski definition) is 3. The molecule has 0 fully saturated rings. The molecule has 0 bridgehead atoms. The summed E-state index contributed by atoms with van der Waals surface area (Å²) in [5.41, 5.74) is 7.64. The second-order valence-electron chi connectivity index (χ2n) is 2.73. The van der Waals surface area contributed by atoms with Crippen molar-refractivity contribution in [2.45, 2.75) is 6.04 Å². The number of nitrogens with one attached hydrogen (secondary N) is 1. The summed E-state index contributed by atoms with van der Waals surface area (Å²) in [7, 11) is 0. The zero-order valence-electron chi connectivity index (χ0n) is 7.01. The third kappa shape index (κ3) is 1.57. The van der Waals surface area contributed by atoms with Crippen LogP contribution in [0, 0.1) is 0 Å². The molecule has 2 heterocycles. The van der Waals surface area contributed by atoms with Crippen molar-refractivity contribution in [1.82, 2.24) is 15.0 Å². The molecule has 4 heteroatoms. The summed E-state index contributed by atoms with van der Waals surface area (Å²) in [5.74, 6) is 0. The Kier molecular flexibility index (Phi) is 2.06. The maximum absolute atomic E-state index is 5.93. The molecule has 0 aliphatic rings. The Balaban J connectivity index is 2.29. The van der Waals surface area contributed by atoms with E-state index in [0.29, 0.717) is 0 Å². The van der Waals surface area contributed by atoms with Crippen LogP contribution in [0.2, 0.25) is 0 Å². The van der Waals surface area contributed by atoms with E-state index in [1.807, 2.05) is 18.3 Å². The number of aromatic amines is 1. The summed E-state index contributed by atoms with van der Waals surface area (Å²) in [5, 5.41) is 0. The standard InChI is InChI=1S/C9H10N4/c10-9(7-2-1-3-12-7)8-6-11-4-5-13-8/h1-6,9,12H,10H2. The lowest BCUT2D eigenvalue weighted by molar-refractivity contribution is 0.793. The molecule has 2 rings (SSSR count). The van der Waals surface area contributed by atoms with Gasteiger partial charge in [0.25, 0.3) is 0 Å². The van der Waals surface area contributed by atoms with Crippen molar-refractivity contribution in [3.8, 4) is 0 Å². The fourth-order valence-corrected chi connectivity index (χ4v) is 1.17. The molecule has 0 spiro atoms. The summed E-state index contributed by atoms with van der Waals surface area (Å²) >= 11 is 0. The van der Waals surface area contributed by atoms with Crippen molar-refractivity contribution < 1.29 is 0 Å². The minimum atomic E-state index is -0.219. The third-order valence-corrected chi connectivity index (χ3v) is 1.86. The summed E-state index contributed by atoms with van der Waals surface area (Å²) in [6.07, 6.45) is 6.78. The van der Waals surface area contributed by atoms with E-state index in [0.717, 1.165) is 11.4 Å². The normalized spacial score (nSPS) is 12.7. The van der Waals surface area contributed by atoms with E-state index in [2.05, 4.69) is 15.0 Å². The van der Waals surface area contributed by atoms with Gasteiger partial charge in [-0.2, -0.15) is 0 Å². The number of H-pyrrole nitrogens is 1. The first kappa shape index (κ1) is 7.94. The predicted octanol–water partition coefficient (Wildman–Crippen LogP) is 0.853. The predicted molar refractivity (Wildman–Crippen MR) is 48.9 cm³/mol. The van der Waals surface area contributed by atoms with Gasteiger partial charge in [0.2, 0.25) is 0 Å². The lowest BCUT2D eigenvalue weighted by Gasteiger charge is -2.07. The summed E-state index contributed by atoms with van der Waals surface area (Å²) < 4.78 is 0. The van der Waals surface area contributed by atoms with Crippen molar-refractivity contribution in [3.05, 3.63) is 48.3 Å². The largest absolute Gasteiger partial charge is 0.363 e. The zero-order chi connectivity index (χ0) is 9.10. The highest BCUT2D eigenvalue weighted by Gasteiger charge is 2.09. The molecule has 0 aliphatic heterocycles. The second kappa shape index (κ2) is 3.37. The van der Waals surface area contributed by atoms with Gasteiger partial charge >= 0.3 is 0 Å². The molecule has 0 saturated heterocycles. The highest BCUT2D eigenvalue weighted by atomic mass is 14.9. The van der Waals surface area contributed by atoms with Gasteiger partial charge in [-0.05, 0) is 12.1 Å². The van der Waals surface area contributed by atoms with E-state index in [4.69, 9.17) is 5.73 Å². The van der Waals surface area contributed by atoms with Crippen LogP contribution in [0.1, 0.15) is 17.4 Å². The van der Waals surface area contributed by atoms with Crippen molar-refractivity contribution >= 4 is 0 Å². The Morgan fingerprint density at radius 3 is 2.92 bits per heavy atom. The van der Waals surface area contributed by atoms with Gasteiger partial charge in [0.15, 0.2) is 0 Å². The smallest absolute Gasteiger partial charge is 0.0893 e. The van der Waals surface area contributed by atoms with E-state index >= 15 is 0 Å². The molecule has 66 valence electrons. The first-order valence-corrected chi connectivity index (χ1v) is 4.02. The molecule has 1 atom stereocenters. The number of hydrogen-bond donors (Lipinski definition) is 2. The minimum Gasteiger partial charge on any atom is -0.363 e. The molecule has 13 heavy (non-hydrogen) atoms. The molecular formula is C9H10N4.